The van der Waals surface area contributed by atoms with Gasteiger partial charge in [-0.15, -0.1) is 0 Å². The molecule has 0 saturated heterocycles. The van der Waals surface area contributed by atoms with Crippen LogP contribution in [0.3, 0.4) is 0 Å². The van der Waals surface area contributed by atoms with E-state index in [0.717, 1.165) is 12.0 Å². The number of halogens is 1. The van der Waals surface area contributed by atoms with Gasteiger partial charge in [-0.3, -0.25) is 4.99 Å². The van der Waals surface area contributed by atoms with Crippen LogP contribution in [0.5, 0.6) is 0 Å². The van der Waals surface area contributed by atoms with Crippen LogP contribution in [0.2, 0.25) is 5.02 Å². The number of nitrogens with one attached hydrogen (secondary N) is 2. The fourth-order valence-electron chi connectivity index (χ4n) is 2.29. The largest absolute Gasteiger partial charge is 0.356 e. The second kappa shape index (κ2) is 9.44. The van der Waals surface area contributed by atoms with E-state index in [9.17, 15) is 8.42 Å². The molecule has 0 aliphatic rings. The first-order chi connectivity index (χ1) is 12.0. The fraction of sp³-hybridized carbons (Fsp3) is 0.278. The van der Waals surface area contributed by atoms with Gasteiger partial charge >= 0.3 is 0 Å². The van der Waals surface area contributed by atoms with Crippen molar-refractivity contribution >= 4 is 27.4 Å². The van der Waals surface area contributed by atoms with Gasteiger partial charge in [0.1, 0.15) is 0 Å². The molecular weight excluding hydrogens is 358 g/mol. The Balaban J connectivity index is 1.77. The van der Waals surface area contributed by atoms with Gasteiger partial charge in [0.05, 0.1) is 10.6 Å². The first-order valence-corrected chi connectivity index (χ1v) is 10.0. The third-order valence-corrected chi connectivity index (χ3v) is 5.55. The monoisotopic (exact) mass is 379 g/mol. The standard InChI is InChI=1S/C18H22ClN3O2S/c1-20-18(21-11-10-15-6-5-7-16(19)14-15)22-12-13-25(23,24)17-8-3-2-4-9-17/h2-9,14H,10-13H2,1H3,(H2,20,21,22). The van der Waals surface area contributed by atoms with E-state index >= 15 is 0 Å². The molecule has 0 saturated carbocycles. The van der Waals surface area contributed by atoms with E-state index in [1.807, 2.05) is 24.3 Å². The number of rotatable bonds is 7. The lowest BCUT2D eigenvalue weighted by Gasteiger charge is -2.12. The van der Waals surface area contributed by atoms with Crippen LogP contribution in [0.25, 0.3) is 0 Å². The molecule has 0 radical (unpaired) electrons. The molecular formula is C18H22ClN3O2S. The van der Waals surface area contributed by atoms with E-state index in [2.05, 4.69) is 15.6 Å². The molecule has 7 heteroatoms. The molecule has 0 unspecified atom stereocenters. The van der Waals surface area contributed by atoms with E-state index in [0.29, 0.717) is 22.4 Å². The minimum atomic E-state index is -3.29. The van der Waals surface area contributed by atoms with Gasteiger partial charge in [0.25, 0.3) is 0 Å². The number of hydrogen-bond acceptors (Lipinski definition) is 3. The number of guanidine groups is 1. The Morgan fingerprint density at radius 2 is 1.76 bits per heavy atom. The van der Waals surface area contributed by atoms with Gasteiger partial charge in [-0.1, -0.05) is 41.9 Å². The number of benzene rings is 2. The topological polar surface area (TPSA) is 70.6 Å². The van der Waals surface area contributed by atoms with Crippen LogP contribution in [0, 0.1) is 0 Å². The van der Waals surface area contributed by atoms with Crippen molar-refractivity contribution in [3.05, 3.63) is 65.2 Å². The first-order valence-electron chi connectivity index (χ1n) is 7.98. The van der Waals surface area contributed by atoms with Gasteiger partial charge < -0.3 is 10.6 Å². The van der Waals surface area contributed by atoms with E-state index in [1.165, 1.54) is 0 Å². The van der Waals surface area contributed by atoms with Crippen molar-refractivity contribution in [2.45, 2.75) is 11.3 Å². The molecule has 2 rings (SSSR count). The molecule has 5 nitrogen and oxygen atoms in total. The lowest BCUT2D eigenvalue weighted by Crippen LogP contribution is -2.40. The quantitative estimate of drug-likeness (QED) is 0.573. The summed E-state index contributed by atoms with van der Waals surface area (Å²) < 4.78 is 24.4. The van der Waals surface area contributed by atoms with Crippen molar-refractivity contribution in [1.29, 1.82) is 0 Å². The summed E-state index contributed by atoms with van der Waals surface area (Å²) in [6.07, 6.45) is 0.795. The molecule has 2 N–H and O–H groups in total. The Morgan fingerprint density at radius 1 is 1.04 bits per heavy atom. The molecule has 0 aliphatic carbocycles. The number of aliphatic imine (C=N–C) groups is 1. The van der Waals surface area contributed by atoms with Crippen LogP contribution in [0.1, 0.15) is 5.56 Å². The highest BCUT2D eigenvalue weighted by Crippen LogP contribution is 2.11. The fourth-order valence-corrected chi connectivity index (χ4v) is 3.68. The van der Waals surface area contributed by atoms with Crippen molar-refractivity contribution in [3.8, 4) is 0 Å². The average Bonchev–Trinajstić information content (AvgIpc) is 2.61. The maximum atomic E-state index is 12.2. The van der Waals surface area contributed by atoms with Gasteiger partial charge in [-0.25, -0.2) is 8.42 Å². The van der Waals surface area contributed by atoms with E-state index in [-0.39, 0.29) is 12.3 Å². The highest BCUT2D eigenvalue weighted by molar-refractivity contribution is 7.91. The summed E-state index contributed by atoms with van der Waals surface area (Å²) in [7, 11) is -1.64. The van der Waals surface area contributed by atoms with Gasteiger partial charge in [0, 0.05) is 25.2 Å². The van der Waals surface area contributed by atoms with Crippen LogP contribution in [0.15, 0.2) is 64.5 Å². The van der Waals surface area contributed by atoms with Gasteiger partial charge in [0.2, 0.25) is 0 Å². The molecule has 2 aromatic carbocycles. The lowest BCUT2D eigenvalue weighted by molar-refractivity contribution is 0.594. The smallest absolute Gasteiger partial charge is 0.191 e. The highest BCUT2D eigenvalue weighted by atomic mass is 35.5. The molecule has 0 amide bonds. The predicted molar refractivity (Wildman–Crippen MR) is 103 cm³/mol. The summed E-state index contributed by atoms with van der Waals surface area (Å²) in [5.41, 5.74) is 1.13. The minimum Gasteiger partial charge on any atom is -0.356 e. The maximum absolute atomic E-state index is 12.2. The van der Waals surface area contributed by atoms with Crippen molar-refractivity contribution in [3.63, 3.8) is 0 Å². The summed E-state index contributed by atoms with van der Waals surface area (Å²) in [5, 5.41) is 6.90. The first kappa shape index (κ1) is 19.3. The molecule has 134 valence electrons. The summed E-state index contributed by atoms with van der Waals surface area (Å²) in [5.74, 6) is 0.580. The van der Waals surface area contributed by atoms with Crippen LogP contribution in [-0.4, -0.2) is 40.3 Å². The maximum Gasteiger partial charge on any atom is 0.191 e. The number of nitrogens with zero attached hydrogens (tertiary/aromatic N) is 1. The van der Waals surface area contributed by atoms with E-state index in [1.54, 1.807) is 37.4 Å². The second-order valence-electron chi connectivity index (χ2n) is 5.44. The summed E-state index contributed by atoms with van der Waals surface area (Å²) >= 11 is 5.96. The third kappa shape index (κ3) is 6.40. The number of sulfone groups is 1. The molecule has 2 aromatic rings. The zero-order valence-corrected chi connectivity index (χ0v) is 15.6. The summed E-state index contributed by atoms with van der Waals surface area (Å²) in [6.45, 7) is 0.958. The third-order valence-electron chi connectivity index (χ3n) is 3.58. The zero-order valence-electron chi connectivity index (χ0n) is 14.1. The Morgan fingerprint density at radius 3 is 2.44 bits per heavy atom. The summed E-state index contributed by atoms with van der Waals surface area (Å²) in [6, 6.07) is 16.1. The molecule has 0 spiro atoms. The van der Waals surface area contributed by atoms with E-state index < -0.39 is 9.84 Å². The lowest BCUT2D eigenvalue weighted by atomic mass is 10.1. The molecule has 25 heavy (non-hydrogen) atoms. The van der Waals surface area contributed by atoms with Crippen LogP contribution < -0.4 is 10.6 Å². The zero-order chi connectivity index (χ0) is 18.1. The molecule has 0 aliphatic heterocycles. The van der Waals surface area contributed by atoms with Gasteiger partial charge in [-0.05, 0) is 36.2 Å². The SMILES string of the molecule is CN=C(NCCc1cccc(Cl)c1)NCCS(=O)(=O)c1ccccc1. The Bertz CT molecular complexity index is 808. The molecule has 0 aromatic heterocycles. The van der Waals surface area contributed by atoms with Crippen molar-refractivity contribution in [2.75, 3.05) is 25.9 Å². The minimum absolute atomic E-state index is 0.00596. The van der Waals surface area contributed by atoms with Crippen LogP contribution in [0.4, 0.5) is 0 Å². The van der Waals surface area contributed by atoms with Crippen molar-refractivity contribution in [1.82, 2.24) is 10.6 Å². The van der Waals surface area contributed by atoms with Crippen LogP contribution >= 0.6 is 11.6 Å². The number of hydrogen-bond donors (Lipinski definition) is 2. The Hall–Kier alpha value is -2.05. The molecule has 0 fully saturated rings. The Kier molecular flexibility index (Phi) is 7.28. The van der Waals surface area contributed by atoms with E-state index in [4.69, 9.17) is 11.6 Å². The highest BCUT2D eigenvalue weighted by Gasteiger charge is 2.13. The molecule has 0 bridgehead atoms. The van der Waals surface area contributed by atoms with Gasteiger partial charge in [0.15, 0.2) is 15.8 Å². The van der Waals surface area contributed by atoms with Gasteiger partial charge in [-0.2, -0.15) is 0 Å². The summed E-state index contributed by atoms with van der Waals surface area (Å²) in [4.78, 5) is 4.44. The Labute approximate surface area is 154 Å². The molecule has 0 heterocycles. The van der Waals surface area contributed by atoms with Crippen molar-refractivity contribution in [2.24, 2.45) is 4.99 Å². The normalized spacial score (nSPS) is 12.0. The predicted octanol–water partition coefficient (Wildman–Crippen LogP) is 2.52. The van der Waals surface area contributed by atoms with Crippen molar-refractivity contribution < 1.29 is 8.42 Å². The molecule has 0 atom stereocenters. The second-order valence-corrected chi connectivity index (χ2v) is 7.98. The van der Waals surface area contributed by atoms with Crippen LogP contribution in [-0.2, 0) is 16.3 Å². The average molecular weight is 380 g/mol.